The Hall–Kier alpha value is -1.39. The summed E-state index contributed by atoms with van der Waals surface area (Å²) < 4.78 is 0.547. The van der Waals surface area contributed by atoms with E-state index >= 15 is 0 Å². The van der Waals surface area contributed by atoms with Gasteiger partial charge in [-0.25, -0.2) is 4.98 Å². The van der Waals surface area contributed by atoms with Crippen molar-refractivity contribution in [2.24, 2.45) is 0 Å². The number of benzene rings is 1. The molecule has 2 rings (SSSR count). The second-order valence-corrected chi connectivity index (χ2v) is 5.25. The van der Waals surface area contributed by atoms with Gasteiger partial charge in [-0.1, -0.05) is 29.8 Å². The van der Waals surface area contributed by atoms with E-state index in [9.17, 15) is 4.79 Å². The van der Waals surface area contributed by atoms with Crippen molar-refractivity contribution in [1.82, 2.24) is 9.88 Å². The lowest BCUT2D eigenvalue weighted by Crippen LogP contribution is -2.26. The first-order chi connectivity index (χ1) is 9.09. The van der Waals surface area contributed by atoms with E-state index in [1.54, 1.807) is 30.3 Å². The minimum absolute atomic E-state index is 0.0973. The highest BCUT2D eigenvalue weighted by Crippen LogP contribution is 2.19. The molecule has 19 heavy (non-hydrogen) atoms. The molecule has 0 unspecified atom stereocenters. The first-order valence-corrected chi connectivity index (χ1v) is 6.86. The first-order valence-electron chi connectivity index (χ1n) is 5.69. The standard InChI is InChI=1S/C14H12BrClN2O/c1-18(9-10-5-2-3-7-12(10)16)14(19)11-6-4-8-17-13(11)15/h2-8H,9H2,1H3. The molecule has 1 aromatic carbocycles. The third-order valence-corrected chi connectivity index (χ3v) is 3.70. The molecule has 0 radical (unpaired) electrons. The topological polar surface area (TPSA) is 33.2 Å². The van der Waals surface area contributed by atoms with Crippen LogP contribution < -0.4 is 0 Å². The minimum atomic E-state index is -0.0973. The van der Waals surface area contributed by atoms with E-state index in [-0.39, 0.29) is 5.91 Å². The number of halogens is 2. The molecule has 0 N–H and O–H groups in total. The molecule has 5 heteroatoms. The van der Waals surface area contributed by atoms with Crippen LogP contribution in [0.15, 0.2) is 47.2 Å². The summed E-state index contributed by atoms with van der Waals surface area (Å²) in [6.07, 6.45) is 1.63. The molecule has 0 saturated carbocycles. The van der Waals surface area contributed by atoms with Gasteiger partial charge in [0.2, 0.25) is 0 Å². The lowest BCUT2D eigenvalue weighted by Gasteiger charge is -2.18. The van der Waals surface area contributed by atoms with Crippen LogP contribution in [0.3, 0.4) is 0 Å². The summed E-state index contributed by atoms with van der Waals surface area (Å²) in [5, 5.41) is 0.660. The van der Waals surface area contributed by atoms with Crippen molar-refractivity contribution >= 4 is 33.4 Å². The zero-order chi connectivity index (χ0) is 13.8. The fourth-order valence-corrected chi connectivity index (χ4v) is 2.32. The number of aromatic nitrogens is 1. The molecule has 0 aliphatic heterocycles. The highest BCUT2D eigenvalue weighted by molar-refractivity contribution is 9.10. The molecule has 1 heterocycles. The lowest BCUT2D eigenvalue weighted by molar-refractivity contribution is 0.0783. The van der Waals surface area contributed by atoms with Gasteiger partial charge < -0.3 is 4.90 Å². The van der Waals surface area contributed by atoms with E-state index in [2.05, 4.69) is 20.9 Å². The molecular weight excluding hydrogens is 328 g/mol. The molecule has 98 valence electrons. The van der Waals surface area contributed by atoms with Crippen molar-refractivity contribution in [3.05, 3.63) is 63.3 Å². The second-order valence-electron chi connectivity index (χ2n) is 4.09. The molecule has 3 nitrogen and oxygen atoms in total. The van der Waals surface area contributed by atoms with Gasteiger partial charge in [0.1, 0.15) is 4.60 Å². The zero-order valence-electron chi connectivity index (χ0n) is 10.3. The number of carbonyl (C=O) groups excluding carboxylic acids is 1. The third-order valence-electron chi connectivity index (χ3n) is 2.70. The maximum absolute atomic E-state index is 12.3. The summed E-state index contributed by atoms with van der Waals surface area (Å²) in [7, 11) is 1.74. The van der Waals surface area contributed by atoms with Gasteiger partial charge in [0.25, 0.3) is 5.91 Å². The summed E-state index contributed by atoms with van der Waals surface area (Å²) in [4.78, 5) is 18.0. The van der Waals surface area contributed by atoms with E-state index in [4.69, 9.17) is 11.6 Å². The number of hydrogen-bond acceptors (Lipinski definition) is 2. The van der Waals surface area contributed by atoms with E-state index in [1.165, 1.54) is 0 Å². The molecule has 0 saturated heterocycles. The van der Waals surface area contributed by atoms with Crippen LogP contribution in [0.25, 0.3) is 0 Å². The first kappa shape index (κ1) is 14.0. The molecule has 1 amide bonds. The van der Waals surface area contributed by atoms with Gasteiger partial charge in [0.05, 0.1) is 5.56 Å². The minimum Gasteiger partial charge on any atom is -0.337 e. The highest BCUT2D eigenvalue weighted by Gasteiger charge is 2.16. The summed E-state index contributed by atoms with van der Waals surface area (Å²) >= 11 is 9.37. The maximum atomic E-state index is 12.3. The van der Waals surface area contributed by atoms with Crippen molar-refractivity contribution < 1.29 is 4.79 Å². The van der Waals surface area contributed by atoms with E-state index in [0.29, 0.717) is 21.7 Å². The SMILES string of the molecule is CN(Cc1ccccc1Cl)C(=O)c1cccnc1Br. The van der Waals surface area contributed by atoms with Crippen LogP contribution in [0.2, 0.25) is 5.02 Å². The molecule has 2 aromatic rings. The Morgan fingerprint density at radius 2 is 2.05 bits per heavy atom. The van der Waals surface area contributed by atoms with Gasteiger partial charge in [-0.2, -0.15) is 0 Å². The van der Waals surface area contributed by atoms with Gasteiger partial charge in [0, 0.05) is 24.8 Å². The van der Waals surface area contributed by atoms with Crippen LogP contribution in [0.1, 0.15) is 15.9 Å². The van der Waals surface area contributed by atoms with E-state index in [0.717, 1.165) is 5.56 Å². The Bertz CT molecular complexity index is 604. The van der Waals surface area contributed by atoms with Crippen LogP contribution >= 0.6 is 27.5 Å². The molecule has 0 fully saturated rings. The predicted octanol–water partition coefficient (Wildman–Crippen LogP) is 3.77. The van der Waals surface area contributed by atoms with E-state index in [1.807, 2.05) is 24.3 Å². The average Bonchev–Trinajstić information content (AvgIpc) is 2.41. The van der Waals surface area contributed by atoms with Crippen LogP contribution in [-0.2, 0) is 6.54 Å². The number of pyridine rings is 1. The average molecular weight is 340 g/mol. The summed E-state index contributed by atoms with van der Waals surface area (Å²) in [6, 6.07) is 11.0. The fraction of sp³-hybridized carbons (Fsp3) is 0.143. The third kappa shape index (κ3) is 3.33. The van der Waals surface area contributed by atoms with Gasteiger partial charge in [-0.15, -0.1) is 0 Å². The van der Waals surface area contributed by atoms with Crippen molar-refractivity contribution in [1.29, 1.82) is 0 Å². The molecule has 0 bridgehead atoms. The molecule has 0 aliphatic rings. The van der Waals surface area contributed by atoms with Crippen LogP contribution in [0, 0.1) is 0 Å². The number of rotatable bonds is 3. The number of hydrogen-bond donors (Lipinski definition) is 0. The van der Waals surface area contributed by atoms with Crippen molar-refractivity contribution in [3.8, 4) is 0 Å². The van der Waals surface area contributed by atoms with Gasteiger partial charge >= 0.3 is 0 Å². The molecule has 0 aliphatic carbocycles. The van der Waals surface area contributed by atoms with Crippen LogP contribution in [-0.4, -0.2) is 22.8 Å². The molecular formula is C14H12BrClN2O. The maximum Gasteiger partial charge on any atom is 0.256 e. The molecule has 0 atom stereocenters. The Balaban J connectivity index is 2.17. The quantitative estimate of drug-likeness (QED) is 0.798. The van der Waals surface area contributed by atoms with Crippen LogP contribution in [0.5, 0.6) is 0 Å². The fourth-order valence-electron chi connectivity index (χ4n) is 1.71. The zero-order valence-corrected chi connectivity index (χ0v) is 12.6. The summed E-state index contributed by atoms with van der Waals surface area (Å²) in [5.74, 6) is -0.0973. The highest BCUT2D eigenvalue weighted by atomic mass is 79.9. The monoisotopic (exact) mass is 338 g/mol. The number of nitrogens with zero attached hydrogens (tertiary/aromatic N) is 2. The normalized spacial score (nSPS) is 10.3. The molecule has 1 aromatic heterocycles. The summed E-state index contributed by atoms with van der Waals surface area (Å²) in [5.41, 5.74) is 1.46. The summed E-state index contributed by atoms with van der Waals surface area (Å²) in [6.45, 7) is 0.458. The smallest absolute Gasteiger partial charge is 0.256 e. The van der Waals surface area contributed by atoms with Crippen molar-refractivity contribution in [3.63, 3.8) is 0 Å². The Morgan fingerprint density at radius 3 is 2.74 bits per heavy atom. The second kappa shape index (κ2) is 6.17. The lowest BCUT2D eigenvalue weighted by atomic mass is 10.2. The largest absolute Gasteiger partial charge is 0.337 e. The van der Waals surface area contributed by atoms with Gasteiger partial charge in [0.15, 0.2) is 0 Å². The van der Waals surface area contributed by atoms with Crippen LogP contribution in [0.4, 0.5) is 0 Å². The van der Waals surface area contributed by atoms with Gasteiger partial charge in [-0.05, 0) is 39.7 Å². The Morgan fingerprint density at radius 1 is 1.32 bits per heavy atom. The van der Waals surface area contributed by atoms with Crippen molar-refractivity contribution in [2.75, 3.05) is 7.05 Å². The Kier molecular flexibility index (Phi) is 4.56. The molecule has 0 spiro atoms. The van der Waals surface area contributed by atoms with E-state index < -0.39 is 0 Å². The Labute approximate surface area is 125 Å². The predicted molar refractivity (Wildman–Crippen MR) is 79.2 cm³/mol. The van der Waals surface area contributed by atoms with Crippen molar-refractivity contribution in [2.45, 2.75) is 6.54 Å². The number of amides is 1. The number of carbonyl (C=O) groups is 1. The van der Waals surface area contributed by atoms with Gasteiger partial charge in [-0.3, -0.25) is 4.79 Å².